The lowest BCUT2D eigenvalue weighted by Crippen LogP contribution is -2.17. The van der Waals surface area contributed by atoms with Crippen molar-refractivity contribution in [2.24, 2.45) is 5.10 Å². The first-order valence-corrected chi connectivity index (χ1v) is 9.37. The van der Waals surface area contributed by atoms with Crippen molar-refractivity contribution in [1.29, 1.82) is 0 Å². The van der Waals surface area contributed by atoms with Gasteiger partial charge in [-0.3, -0.25) is 4.79 Å². The van der Waals surface area contributed by atoms with Gasteiger partial charge in [0.05, 0.1) is 30.1 Å². The van der Waals surface area contributed by atoms with E-state index in [-0.39, 0.29) is 11.7 Å². The van der Waals surface area contributed by atoms with Gasteiger partial charge in [0.15, 0.2) is 23.0 Å². The molecule has 0 radical (unpaired) electrons. The summed E-state index contributed by atoms with van der Waals surface area (Å²) in [5.41, 5.74) is 3.55. The number of rotatable bonds is 8. The fraction of sp³-hybridized carbons (Fsp3) is 0.263. The van der Waals surface area contributed by atoms with Gasteiger partial charge >= 0.3 is 0 Å². The molecule has 144 valence electrons. The van der Waals surface area contributed by atoms with E-state index in [9.17, 15) is 9.90 Å². The first kappa shape index (κ1) is 20.8. The van der Waals surface area contributed by atoms with E-state index in [1.807, 2.05) is 36.4 Å². The van der Waals surface area contributed by atoms with Gasteiger partial charge in [-0.25, -0.2) is 5.43 Å². The number of aromatic hydroxyl groups is 1. The van der Waals surface area contributed by atoms with Crippen molar-refractivity contribution in [3.8, 4) is 23.0 Å². The average Bonchev–Trinajstić information content (AvgIpc) is 2.66. The van der Waals surface area contributed by atoms with Crippen LogP contribution in [0.2, 0.25) is 0 Å². The minimum atomic E-state index is -0.381. The van der Waals surface area contributed by atoms with Crippen molar-refractivity contribution in [3.63, 3.8) is 0 Å². The predicted octanol–water partition coefficient (Wildman–Crippen LogP) is 3.57. The fourth-order valence-electron chi connectivity index (χ4n) is 2.25. The van der Waals surface area contributed by atoms with Crippen LogP contribution in [0.15, 0.2) is 35.4 Å². The first-order valence-electron chi connectivity index (χ1n) is 8.29. The van der Waals surface area contributed by atoms with Gasteiger partial charge in [-0.05, 0) is 72.3 Å². The molecular weight excluding hydrogens is 463 g/mol. The third kappa shape index (κ3) is 5.49. The van der Waals surface area contributed by atoms with Gasteiger partial charge in [0.2, 0.25) is 0 Å². The van der Waals surface area contributed by atoms with Gasteiger partial charge in [0.1, 0.15) is 0 Å². The maximum absolute atomic E-state index is 12.3. The second-order valence-corrected chi connectivity index (χ2v) is 6.44. The van der Waals surface area contributed by atoms with Crippen LogP contribution in [-0.4, -0.2) is 37.6 Å². The molecule has 27 heavy (non-hydrogen) atoms. The number of amides is 1. The number of nitrogens with zero attached hydrogens (tertiary/aromatic N) is 1. The minimum Gasteiger partial charge on any atom is -0.504 e. The van der Waals surface area contributed by atoms with Crippen molar-refractivity contribution in [2.75, 3.05) is 20.3 Å². The minimum absolute atomic E-state index is 0.0836. The number of nitrogens with one attached hydrogen (secondary N) is 1. The van der Waals surface area contributed by atoms with E-state index < -0.39 is 0 Å². The van der Waals surface area contributed by atoms with Crippen LogP contribution in [0.25, 0.3) is 0 Å². The summed E-state index contributed by atoms with van der Waals surface area (Å²) >= 11 is 2.00. The number of carbonyl (C=O) groups is 1. The van der Waals surface area contributed by atoms with Gasteiger partial charge in [-0.1, -0.05) is 0 Å². The van der Waals surface area contributed by atoms with Crippen LogP contribution in [0.3, 0.4) is 0 Å². The third-order valence-electron chi connectivity index (χ3n) is 3.46. The van der Waals surface area contributed by atoms with E-state index >= 15 is 0 Å². The van der Waals surface area contributed by atoms with E-state index in [0.29, 0.717) is 45.2 Å². The maximum atomic E-state index is 12.3. The van der Waals surface area contributed by atoms with Crippen LogP contribution in [0.5, 0.6) is 23.0 Å². The van der Waals surface area contributed by atoms with Crippen LogP contribution in [0.1, 0.15) is 29.8 Å². The van der Waals surface area contributed by atoms with Crippen LogP contribution in [-0.2, 0) is 0 Å². The molecule has 2 rings (SSSR count). The monoisotopic (exact) mass is 484 g/mol. The van der Waals surface area contributed by atoms with Crippen LogP contribution in [0, 0.1) is 3.57 Å². The van der Waals surface area contributed by atoms with Gasteiger partial charge in [-0.15, -0.1) is 0 Å². The summed E-state index contributed by atoms with van der Waals surface area (Å²) in [6.07, 6.45) is 1.48. The molecule has 2 aromatic rings. The first-order chi connectivity index (χ1) is 13.0. The summed E-state index contributed by atoms with van der Waals surface area (Å²) in [6.45, 7) is 4.58. The zero-order valence-corrected chi connectivity index (χ0v) is 17.4. The Balaban J connectivity index is 2.12. The Morgan fingerprint density at radius 1 is 1.15 bits per heavy atom. The van der Waals surface area contributed by atoms with Crippen molar-refractivity contribution in [3.05, 3.63) is 45.0 Å². The van der Waals surface area contributed by atoms with Crippen LogP contribution >= 0.6 is 22.6 Å². The Labute approximate surface area is 171 Å². The zero-order valence-electron chi connectivity index (χ0n) is 15.3. The molecule has 0 aromatic heterocycles. The largest absolute Gasteiger partial charge is 0.504 e. The van der Waals surface area contributed by atoms with Crippen molar-refractivity contribution < 1.29 is 24.1 Å². The Hall–Kier alpha value is -2.49. The average molecular weight is 484 g/mol. The number of phenolic OH excluding ortho intramolecular Hbond substituents is 1. The molecule has 0 saturated heterocycles. The molecule has 0 aliphatic heterocycles. The number of benzene rings is 2. The van der Waals surface area contributed by atoms with Gasteiger partial charge in [-0.2, -0.15) is 5.10 Å². The number of carbonyl (C=O) groups excluding carboxylic acids is 1. The van der Waals surface area contributed by atoms with Crippen molar-refractivity contribution >= 4 is 34.7 Å². The van der Waals surface area contributed by atoms with Crippen molar-refractivity contribution in [2.45, 2.75) is 13.8 Å². The van der Waals surface area contributed by atoms with Crippen LogP contribution in [0.4, 0.5) is 0 Å². The SMILES string of the molecule is CCOc1cc(C(=O)N/N=C/c2cc(I)c(O)c(OCC)c2)ccc1OC. The highest BCUT2D eigenvalue weighted by Crippen LogP contribution is 2.32. The summed E-state index contributed by atoms with van der Waals surface area (Å²) < 4.78 is 16.7. The highest BCUT2D eigenvalue weighted by molar-refractivity contribution is 14.1. The zero-order chi connectivity index (χ0) is 19.8. The standard InChI is InChI=1S/C19H21IN2O5/c1-4-26-16-10-13(6-7-15(16)25-3)19(24)22-21-11-12-8-14(20)18(23)17(9-12)27-5-2/h6-11,23H,4-5H2,1-3H3,(H,22,24)/b21-11+. The Morgan fingerprint density at radius 3 is 2.52 bits per heavy atom. The number of hydrogen-bond donors (Lipinski definition) is 2. The molecular formula is C19H21IN2O5. The molecule has 0 saturated carbocycles. The lowest BCUT2D eigenvalue weighted by atomic mass is 10.2. The third-order valence-corrected chi connectivity index (χ3v) is 4.28. The van der Waals surface area contributed by atoms with E-state index in [4.69, 9.17) is 14.2 Å². The number of methoxy groups -OCH3 is 1. The topological polar surface area (TPSA) is 89.4 Å². The smallest absolute Gasteiger partial charge is 0.271 e. The van der Waals surface area contributed by atoms with E-state index in [0.717, 1.165) is 0 Å². The molecule has 0 heterocycles. The summed E-state index contributed by atoms with van der Waals surface area (Å²) in [4.78, 5) is 12.3. The van der Waals surface area contributed by atoms with E-state index in [2.05, 4.69) is 10.5 Å². The molecule has 2 aromatic carbocycles. The molecule has 0 bridgehead atoms. The number of phenols is 1. The molecule has 1 amide bonds. The lowest BCUT2D eigenvalue weighted by molar-refractivity contribution is 0.0954. The summed E-state index contributed by atoms with van der Waals surface area (Å²) in [7, 11) is 1.54. The van der Waals surface area contributed by atoms with Crippen molar-refractivity contribution in [1.82, 2.24) is 5.43 Å². The number of ether oxygens (including phenoxy) is 3. The van der Waals surface area contributed by atoms with Gasteiger partial charge in [0.25, 0.3) is 5.91 Å². The number of hydrogen-bond acceptors (Lipinski definition) is 6. The quantitative estimate of drug-likeness (QED) is 0.340. The molecule has 0 fully saturated rings. The predicted molar refractivity (Wildman–Crippen MR) is 111 cm³/mol. The maximum Gasteiger partial charge on any atom is 0.271 e. The summed E-state index contributed by atoms with van der Waals surface area (Å²) in [6, 6.07) is 8.28. The molecule has 0 aliphatic rings. The second-order valence-electron chi connectivity index (χ2n) is 5.28. The Kier molecular flexibility index (Phi) is 7.71. The Morgan fingerprint density at radius 2 is 1.85 bits per heavy atom. The normalized spacial score (nSPS) is 10.7. The summed E-state index contributed by atoms with van der Waals surface area (Å²) in [5.74, 6) is 1.12. The van der Waals surface area contributed by atoms with E-state index in [1.165, 1.54) is 13.3 Å². The number of hydrazone groups is 1. The highest BCUT2D eigenvalue weighted by Gasteiger charge is 2.11. The molecule has 0 spiro atoms. The molecule has 0 aliphatic carbocycles. The van der Waals surface area contributed by atoms with Gasteiger partial charge in [0, 0.05) is 5.56 Å². The summed E-state index contributed by atoms with van der Waals surface area (Å²) in [5, 5.41) is 13.9. The highest BCUT2D eigenvalue weighted by atomic mass is 127. The van der Waals surface area contributed by atoms with Crippen LogP contribution < -0.4 is 19.6 Å². The fourth-order valence-corrected chi connectivity index (χ4v) is 2.88. The molecule has 8 heteroatoms. The molecule has 0 unspecified atom stereocenters. The van der Waals surface area contributed by atoms with E-state index in [1.54, 1.807) is 30.3 Å². The molecule has 0 atom stereocenters. The molecule has 7 nitrogen and oxygen atoms in total. The Bertz CT molecular complexity index is 839. The second kappa shape index (κ2) is 10.0. The molecule has 2 N–H and O–H groups in total. The lowest BCUT2D eigenvalue weighted by Gasteiger charge is -2.10. The van der Waals surface area contributed by atoms with Gasteiger partial charge < -0.3 is 19.3 Å². The number of halogens is 1.